The number of rotatable bonds is 4. The number of aromatic nitrogens is 3. The molecule has 8 heteroatoms. The average Bonchev–Trinajstić information content (AvgIpc) is 3.09. The van der Waals surface area contributed by atoms with Crippen LogP contribution in [-0.4, -0.2) is 26.7 Å². The molecule has 2 aromatic rings. The van der Waals surface area contributed by atoms with Crippen molar-refractivity contribution in [2.75, 3.05) is 5.32 Å². The number of fused-ring (bicyclic) bond motifs is 2. The molecule has 2 aliphatic rings. The first-order valence-electron chi connectivity index (χ1n) is 9.17. The van der Waals surface area contributed by atoms with E-state index >= 15 is 0 Å². The molecular weight excluding hydrogens is 385 g/mol. The molecule has 0 aliphatic heterocycles. The molecular formula is C19H27Cl2N5O. The van der Waals surface area contributed by atoms with E-state index in [9.17, 15) is 4.79 Å². The zero-order chi connectivity index (χ0) is 17.2. The van der Waals surface area contributed by atoms with Gasteiger partial charge in [-0.15, -0.1) is 24.8 Å². The third-order valence-corrected chi connectivity index (χ3v) is 5.82. The summed E-state index contributed by atoms with van der Waals surface area (Å²) < 4.78 is 1.78. The van der Waals surface area contributed by atoms with Crippen LogP contribution in [0, 0.1) is 17.8 Å². The Balaban J connectivity index is 0.00000131. The quantitative estimate of drug-likeness (QED) is 0.807. The molecule has 148 valence electrons. The highest BCUT2D eigenvalue weighted by Gasteiger charge is 2.40. The molecule has 1 aromatic heterocycles. The number of anilines is 1. The van der Waals surface area contributed by atoms with E-state index in [2.05, 4.69) is 15.4 Å². The van der Waals surface area contributed by atoms with Crippen LogP contribution in [0.4, 0.5) is 5.69 Å². The van der Waals surface area contributed by atoms with Crippen molar-refractivity contribution in [2.24, 2.45) is 23.5 Å². The minimum absolute atomic E-state index is 0. The molecule has 2 unspecified atom stereocenters. The molecule has 3 N–H and O–H groups in total. The number of nitrogens with two attached hydrogens (primary N) is 1. The van der Waals surface area contributed by atoms with E-state index in [4.69, 9.17) is 5.73 Å². The second kappa shape index (κ2) is 9.53. The average molecular weight is 412 g/mol. The van der Waals surface area contributed by atoms with Gasteiger partial charge in [-0.05, 0) is 55.2 Å². The van der Waals surface area contributed by atoms with Crippen molar-refractivity contribution in [1.29, 1.82) is 0 Å². The van der Waals surface area contributed by atoms with E-state index in [1.807, 2.05) is 24.3 Å². The van der Waals surface area contributed by atoms with Crippen molar-refractivity contribution in [2.45, 2.75) is 44.7 Å². The summed E-state index contributed by atoms with van der Waals surface area (Å²) in [4.78, 5) is 16.6. The van der Waals surface area contributed by atoms with Crippen LogP contribution in [0.15, 0.2) is 36.9 Å². The maximum absolute atomic E-state index is 12.7. The number of hydrogen-bond acceptors (Lipinski definition) is 4. The Bertz CT molecular complexity index is 708. The van der Waals surface area contributed by atoms with Gasteiger partial charge in [-0.25, -0.2) is 9.67 Å². The Hall–Kier alpha value is -1.63. The third-order valence-electron chi connectivity index (χ3n) is 5.82. The van der Waals surface area contributed by atoms with E-state index in [1.54, 1.807) is 11.0 Å². The first-order chi connectivity index (χ1) is 12.2. The fourth-order valence-electron chi connectivity index (χ4n) is 4.44. The van der Waals surface area contributed by atoms with E-state index in [0.29, 0.717) is 24.4 Å². The predicted molar refractivity (Wildman–Crippen MR) is 110 cm³/mol. The number of hydrogen-bond donors (Lipinski definition) is 2. The number of nitrogens with zero attached hydrogens (tertiary/aromatic N) is 3. The number of nitrogens with one attached hydrogen (secondary N) is 1. The number of carbonyl (C=O) groups is 1. The second-order valence-corrected chi connectivity index (χ2v) is 7.48. The Morgan fingerprint density at radius 2 is 1.81 bits per heavy atom. The van der Waals surface area contributed by atoms with Crippen LogP contribution < -0.4 is 11.1 Å². The van der Waals surface area contributed by atoms with Crippen LogP contribution in [0.2, 0.25) is 0 Å². The minimum atomic E-state index is 0. The molecule has 2 aliphatic carbocycles. The van der Waals surface area contributed by atoms with Gasteiger partial charge in [0.2, 0.25) is 5.91 Å². The van der Waals surface area contributed by atoms with Crippen molar-refractivity contribution in [1.82, 2.24) is 14.8 Å². The first kappa shape index (κ1) is 21.7. The van der Waals surface area contributed by atoms with Gasteiger partial charge in [-0.1, -0.05) is 18.6 Å². The molecule has 4 rings (SSSR count). The second-order valence-electron chi connectivity index (χ2n) is 7.48. The molecule has 2 saturated carbocycles. The number of amides is 1. The van der Waals surface area contributed by atoms with Crippen LogP contribution in [-0.2, 0) is 11.3 Å². The van der Waals surface area contributed by atoms with Crippen molar-refractivity contribution in [3.63, 3.8) is 0 Å². The van der Waals surface area contributed by atoms with Gasteiger partial charge in [-0.2, -0.15) is 5.10 Å². The molecule has 1 aromatic carbocycles. The van der Waals surface area contributed by atoms with Gasteiger partial charge in [0.1, 0.15) is 12.7 Å². The highest BCUT2D eigenvalue weighted by Crippen LogP contribution is 2.42. The lowest BCUT2D eigenvalue weighted by atomic mass is 9.65. The molecule has 1 heterocycles. The smallest absolute Gasteiger partial charge is 0.227 e. The van der Waals surface area contributed by atoms with E-state index in [0.717, 1.165) is 24.1 Å². The summed E-state index contributed by atoms with van der Waals surface area (Å²) in [5.41, 5.74) is 8.31. The summed E-state index contributed by atoms with van der Waals surface area (Å²) in [5.74, 6) is 1.29. The molecule has 2 fully saturated rings. The molecule has 1 amide bonds. The summed E-state index contributed by atoms with van der Waals surface area (Å²) in [6.07, 6.45) is 8.73. The number of carbonyl (C=O) groups excluding carboxylic acids is 1. The Labute approximate surface area is 172 Å². The lowest BCUT2D eigenvalue weighted by molar-refractivity contribution is -0.122. The van der Waals surface area contributed by atoms with E-state index in [1.165, 1.54) is 25.6 Å². The van der Waals surface area contributed by atoms with Crippen LogP contribution in [0.5, 0.6) is 0 Å². The van der Waals surface area contributed by atoms with Gasteiger partial charge in [0, 0.05) is 17.6 Å². The number of benzene rings is 1. The summed E-state index contributed by atoms with van der Waals surface area (Å²) >= 11 is 0. The highest BCUT2D eigenvalue weighted by molar-refractivity contribution is 5.92. The molecule has 2 bridgehead atoms. The van der Waals surface area contributed by atoms with Crippen molar-refractivity contribution in [3.05, 3.63) is 42.5 Å². The molecule has 0 saturated heterocycles. The third kappa shape index (κ3) is 5.00. The SMILES string of the molecule is Cl.Cl.NC1C2CCCC1CC(C(=O)Nc1ccc(Cn3cncn3)cc1)C2. The van der Waals surface area contributed by atoms with Gasteiger partial charge >= 0.3 is 0 Å². The maximum atomic E-state index is 12.7. The topological polar surface area (TPSA) is 85.8 Å². The normalized spacial score (nSPS) is 26.4. The summed E-state index contributed by atoms with van der Waals surface area (Å²) in [6.45, 7) is 0.679. The Morgan fingerprint density at radius 1 is 1.15 bits per heavy atom. The largest absolute Gasteiger partial charge is 0.327 e. The molecule has 27 heavy (non-hydrogen) atoms. The fraction of sp³-hybridized carbons (Fsp3) is 0.526. The van der Waals surface area contributed by atoms with Gasteiger partial charge in [0.25, 0.3) is 0 Å². The summed E-state index contributed by atoms with van der Waals surface area (Å²) in [7, 11) is 0. The lowest BCUT2D eigenvalue weighted by Crippen LogP contribution is -2.48. The van der Waals surface area contributed by atoms with Crippen molar-refractivity contribution >= 4 is 36.4 Å². The van der Waals surface area contributed by atoms with Crippen LogP contribution in [0.1, 0.15) is 37.7 Å². The summed E-state index contributed by atoms with van der Waals surface area (Å²) in [6, 6.07) is 8.25. The number of halogens is 2. The van der Waals surface area contributed by atoms with Crippen LogP contribution >= 0.6 is 24.8 Å². The van der Waals surface area contributed by atoms with Crippen molar-refractivity contribution in [3.8, 4) is 0 Å². The maximum Gasteiger partial charge on any atom is 0.227 e. The summed E-state index contributed by atoms with van der Waals surface area (Å²) in [5, 5.41) is 7.19. The van der Waals surface area contributed by atoms with E-state index in [-0.39, 0.29) is 36.6 Å². The van der Waals surface area contributed by atoms with Gasteiger partial charge in [0.05, 0.1) is 6.54 Å². The standard InChI is InChI=1S/C19H25N5O.2ClH/c20-18-14-2-1-3-15(18)9-16(8-14)19(25)23-17-6-4-13(5-7-17)10-24-12-21-11-22-24;;/h4-7,11-12,14-16,18H,1-3,8-10,20H2,(H,23,25);2*1H. The van der Waals surface area contributed by atoms with Gasteiger partial charge < -0.3 is 11.1 Å². The highest BCUT2D eigenvalue weighted by atomic mass is 35.5. The molecule has 2 atom stereocenters. The minimum Gasteiger partial charge on any atom is -0.327 e. The zero-order valence-electron chi connectivity index (χ0n) is 15.2. The lowest BCUT2D eigenvalue weighted by Gasteiger charge is -2.43. The molecule has 0 spiro atoms. The van der Waals surface area contributed by atoms with Gasteiger partial charge in [0.15, 0.2) is 0 Å². The Morgan fingerprint density at radius 3 is 2.41 bits per heavy atom. The monoisotopic (exact) mass is 411 g/mol. The fourth-order valence-corrected chi connectivity index (χ4v) is 4.44. The van der Waals surface area contributed by atoms with Gasteiger partial charge in [-0.3, -0.25) is 4.79 Å². The van der Waals surface area contributed by atoms with Crippen molar-refractivity contribution < 1.29 is 4.79 Å². The van der Waals surface area contributed by atoms with E-state index < -0.39 is 0 Å². The van der Waals surface area contributed by atoms with Crippen LogP contribution in [0.3, 0.4) is 0 Å². The Kier molecular flexibility index (Phi) is 7.65. The first-order valence-corrected chi connectivity index (χ1v) is 9.17. The molecule has 0 radical (unpaired) electrons. The molecule has 6 nitrogen and oxygen atoms in total. The zero-order valence-corrected chi connectivity index (χ0v) is 16.8. The van der Waals surface area contributed by atoms with Crippen LogP contribution in [0.25, 0.3) is 0 Å². The predicted octanol–water partition coefficient (Wildman–Crippen LogP) is 3.26.